The van der Waals surface area contributed by atoms with Gasteiger partial charge in [-0.2, -0.15) is 0 Å². The normalized spacial score (nSPS) is 20.1. The number of hydrogen-bond donors (Lipinski definition) is 3. The molecule has 1 saturated heterocycles. The molecule has 0 aromatic carbocycles. The van der Waals surface area contributed by atoms with Crippen molar-refractivity contribution in [3.8, 4) is 0 Å². The number of carbonyl (C=O) groups excluding carboxylic acids is 4. The molecule has 1 rings (SSSR count). The second-order valence-corrected chi connectivity index (χ2v) is 13.9. The standard InChI is InChI=1S/C37H65N5O7/c1-14-18-27(16-3)34(45)26(8)39-36(46)25(7)35(49-13)28-19-17-20-42(28)30(43)21-29(48-12)33(24(6)15-2)41(11)31(44)22-38-37(47)32(23(4)5)40(9)10/h14,16,18,23-26,28-29,32-35,45H,1,3,15,17,19-22H2,2,4-13H3,(H,38,47)(H,39,46)/b27-18+/t24-,25+,26+,28-,29+,32?,33-,34+,35+/m0/s1. The summed E-state index contributed by atoms with van der Waals surface area (Å²) in [6, 6.07) is -1.74. The smallest absolute Gasteiger partial charge is 0.242 e. The lowest BCUT2D eigenvalue weighted by Gasteiger charge is -2.39. The summed E-state index contributed by atoms with van der Waals surface area (Å²) in [5.74, 6) is -1.50. The third-order valence-electron chi connectivity index (χ3n) is 9.91. The van der Waals surface area contributed by atoms with Crippen molar-refractivity contribution in [3.63, 3.8) is 0 Å². The van der Waals surface area contributed by atoms with Crippen LogP contribution in [0.15, 0.2) is 37.0 Å². The molecule has 0 aliphatic carbocycles. The van der Waals surface area contributed by atoms with Crippen LogP contribution >= 0.6 is 0 Å². The Bertz CT molecular complexity index is 1130. The van der Waals surface area contributed by atoms with E-state index < -0.39 is 36.3 Å². The van der Waals surface area contributed by atoms with E-state index in [0.717, 1.165) is 12.8 Å². The Morgan fingerprint density at radius 3 is 2.14 bits per heavy atom. The topological polar surface area (TPSA) is 141 Å². The van der Waals surface area contributed by atoms with Gasteiger partial charge in [0, 0.05) is 27.8 Å². The molecule has 4 amide bonds. The molecule has 0 spiro atoms. The van der Waals surface area contributed by atoms with E-state index in [1.807, 2.05) is 46.7 Å². The van der Waals surface area contributed by atoms with Crippen molar-refractivity contribution in [3.05, 3.63) is 37.0 Å². The maximum absolute atomic E-state index is 14.0. The summed E-state index contributed by atoms with van der Waals surface area (Å²) < 4.78 is 11.8. The zero-order valence-electron chi connectivity index (χ0n) is 31.9. The first-order valence-electron chi connectivity index (χ1n) is 17.5. The highest BCUT2D eigenvalue weighted by atomic mass is 16.5. The van der Waals surface area contributed by atoms with Crippen LogP contribution < -0.4 is 10.6 Å². The van der Waals surface area contributed by atoms with Gasteiger partial charge in [-0.25, -0.2) is 0 Å². The van der Waals surface area contributed by atoms with E-state index in [9.17, 15) is 24.3 Å². The molecule has 0 aromatic heterocycles. The second kappa shape index (κ2) is 21.2. The number of ether oxygens (including phenoxy) is 2. The third-order valence-corrected chi connectivity index (χ3v) is 9.91. The maximum atomic E-state index is 14.0. The SMILES string of the molecule is C=C/C=C(\C=C)[C@H](O)[C@@H](C)NC(=O)[C@H](C)[C@@H](OC)[C@@H]1CCCN1C(=O)C[C@@H](OC)[C@H]([C@@H](C)CC)N(C)C(=O)CNC(=O)C(C(C)C)N(C)C. The first-order valence-corrected chi connectivity index (χ1v) is 17.5. The van der Waals surface area contributed by atoms with Crippen LogP contribution in [0.25, 0.3) is 0 Å². The Morgan fingerprint density at radius 2 is 1.65 bits per heavy atom. The molecular weight excluding hydrogens is 626 g/mol. The summed E-state index contributed by atoms with van der Waals surface area (Å²) >= 11 is 0. The summed E-state index contributed by atoms with van der Waals surface area (Å²) in [6.07, 6.45) is 4.74. The van der Waals surface area contributed by atoms with E-state index in [0.29, 0.717) is 18.5 Å². The Labute approximate surface area is 295 Å². The van der Waals surface area contributed by atoms with Gasteiger partial charge in [0.05, 0.1) is 61.4 Å². The van der Waals surface area contributed by atoms with Crippen LogP contribution in [0.5, 0.6) is 0 Å². The number of nitrogens with zero attached hydrogens (tertiary/aromatic N) is 3. The van der Waals surface area contributed by atoms with E-state index in [4.69, 9.17) is 9.47 Å². The van der Waals surface area contributed by atoms with Gasteiger partial charge in [0.25, 0.3) is 0 Å². The van der Waals surface area contributed by atoms with Crippen molar-refractivity contribution in [1.29, 1.82) is 0 Å². The summed E-state index contributed by atoms with van der Waals surface area (Å²) in [4.78, 5) is 58.8. The number of allylic oxidation sites excluding steroid dienone is 2. The molecule has 12 heteroatoms. The van der Waals surface area contributed by atoms with Gasteiger partial charge in [0.1, 0.15) is 0 Å². The summed E-state index contributed by atoms with van der Waals surface area (Å²) in [5.41, 5.74) is 0.538. The lowest BCUT2D eigenvalue weighted by molar-refractivity contribution is -0.146. The molecule has 280 valence electrons. The summed E-state index contributed by atoms with van der Waals surface area (Å²) in [7, 11) is 8.44. The average molecular weight is 692 g/mol. The molecule has 3 N–H and O–H groups in total. The highest BCUT2D eigenvalue weighted by Gasteiger charge is 2.42. The van der Waals surface area contributed by atoms with Crippen molar-refractivity contribution in [2.24, 2.45) is 17.8 Å². The summed E-state index contributed by atoms with van der Waals surface area (Å²) in [5, 5.41) is 16.4. The molecule has 1 unspecified atom stereocenters. The van der Waals surface area contributed by atoms with Gasteiger partial charge in [-0.3, -0.25) is 24.1 Å². The van der Waals surface area contributed by atoms with Gasteiger partial charge in [-0.1, -0.05) is 72.4 Å². The summed E-state index contributed by atoms with van der Waals surface area (Å²) in [6.45, 7) is 19.2. The minimum absolute atomic E-state index is 0.00215. The maximum Gasteiger partial charge on any atom is 0.242 e. The van der Waals surface area contributed by atoms with E-state index in [2.05, 4.69) is 23.8 Å². The Kier molecular flexibility index (Phi) is 19.0. The minimum atomic E-state index is -0.974. The first-order chi connectivity index (χ1) is 23.0. The number of aliphatic hydroxyl groups is 1. The zero-order chi connectivity index (χ0) is 37.6. The van der Waals surface area contributed by atoms with Crippen LogP contribution in [0.4, 0.5) is 0 Å². The Balaban J connectivity index is 3.11. The number of nitrogens with one attached hydrogen (secondary N) is 2. The number of aliphatic hydroxyl groups excluding tert-OH is 1. The number of rotatable bonds is 21. The van der Waals surface area contributed by atoms with Gasteiger partial charge in [-0.05, 0) is 51.3 Å². The number of carbonyl (C=O) groups is 4. The molecular formula is C37H65N5O7. The van der Waals surface area contributed by atoms with E-state index >= 15 is 0 Å². The van der Waals surface area contributed by atoms with Crippen molar-refractivity contribution >= 4 is 23.6 Å². The molecule has 1 aliphatic heterocycles. The molecule has 9 atom stereocenters. The zero-order valence-corrected chi connectivity index (χ0v) is 31.9. The number of likely N-dealkylation sites (tertiary alicyclic amines) is 1. The molecule has 1 heterocycles. The fourth-order valence-corrected chi connectivity index (χ4v) is 7.00. The fourth-order valence-electron chi connectivity index (χ4n) is 7.00. The van der Waals surface area contributed by atoms with Crippen LogP contribution in [0.2, 0.25) is 0 Å². The fraction of sp³-hybridized carbons (Fsp3) is 0.730. The van der Waals surface area contributed by atoms with Crippen molar-refractivity contribution in [2.45, 2.75) is 110 Å². The molecule has 12 nitrogen and oxygen atoms in total. The largest absolute Gasteiger partial charge is 0.386 e. The number of methoxy groups -OCH3 is 2. The van der Waals surface area contributed by atoms with Crippen LogP contribution in [-0.4, -0.2) is 134 Å². The molecule has 1 fully saturated rings. The molecule has 0 saturated carbocycles. The predicted molar refractivity (Wildman–Crippen MR) is 194 cm³/mol. The Morgan fingerprint density at radius 1 is 1.02 bits per heavy atom. The molecule has 0 radical (unpaired) electrons. The van der Waals surface area contributed by atoms with Crippen LogP contribution in [0.1, 0.15) is 67.2 Å². The first kappa shape index (κ1) is 44.0. The van der Waals surface area contributed by atoms with Gasteiger partial charge >= 0.3 is 0 Å². The predicted octanol–water partition coefficient (Wildman–Crippen LogP) is 2.77. The van der Waals surface area contributed by atoms with Crippen LogP contribution in [0, 0.1) is 17.8 Å². The average Bonchev–Trinajstić information content (AvgIpc) is 3.54. The second-order valence-electron chi connectivity index (χ2n) is 13.9. The monoisotopic (exact) mass is 691 g/mol. The van der Waals surface area contributed by atoms with Crippen molar-refractivity contribution in [1.82, 2.24) is 25.3 Å². The van der Waals surface area contributed by atoms with E-state index in [-0.39, 0.29) is 60.5 Å². The third kappa shape index (κ3) is 12.0. The van der Waals surface area contributed by atoms with Crippen LogP contribution in [0.3, 0.4) is 0 Å². The van der Waals surface area contributed by atoms with Gasteiger partial charge in [0.15, 0.2) is 0 Å². The molecule has 0 bridgehead atoms. The molecule has 0 aromatic rings. The number of likely N-dealkylation sites (N-methyl/N-ethyl adjacent to an activating group) is 2. The lowest BCUT2D eigenvalue weighted by atomic mass is 9.90. The minimum Gasteiger partial charge on any atom is -0.386 e. The highest BCUT2D eigenvalue weighted by Crippen LogP contribution is 2.29. The lowest BCUT2D eigenvalue weighted by Crippen LogP contribution is -2.55. The highest BCUT2D eigenvalue weighted by molar-refractivity contribution is 5.87. The quantitative estimate of drug-likeness (QED) is 0.156. The van der Waals surface area contributed by atoms with E-state index in [1.54, 1.807) is 50.0 Å². The van der Waals surface area contributed by atoms with Gasteiger partial charge in [0.2, 0.25) is 23.6 Å². The van der Waals surface area contributed by atoms with Crippen molar-refractivity contribution in [2.75, 3.05) is 48.5 Å². The molecule has 1 aliphatic rings. The molecule has 49 heavy (non-hydrogen) atoms. The number of hydrogen-bond acceptors (Lipinski definition) is 8. The van der Waals surface area contributed by atoms with E-state index in [1.165, 1.54) is 13.2 Å². The number of amides is 4. The van der Waals surface area contributed by atoms with Gasteiger partial charge in [-0.15, -0.1) is 0 Å². The van der Waals surface area contributed by atoms with Gasteiger partial charge < -0.3 is 35.0 Å². The van der Waals surface area contributed by atoms with Crippen LogP contribution in [-0.2, 0) is 28.7 Å². The Hall–Kier alpha value is -3.06. The van der Waals surface area contributed by atoms with Crippen molar-refractivity contribution < 1.29 is 33.8 Å².